The first-order chi connectivity index (χ1) is 18.8. The molecule has 0 unspecified atom stereocenters. The normalized spacial score (nSPS) is 17.0. The zero-order valence-electron chi connectivity index (χ0n) is 21.6. The second-order valence-corrected chi connectivity index (χ2v) is 10.8. The molecule has 0 radical (unpaired) electrons. The van der Waals surface area contributed by atoms with Gasteiger partial charge in [-0.15, -0.1) is 0 Å². The van der Waals surface area contributed by atoms with Crippen molar-refractivity contribution < 1.29 is 9.47 Å². The van der Waals surface area contributed by atoms with E-state index in [4.69, 9.17) is 56.5 Å². The van der Waals surface area contributed by atoms with E-state index in [-0.39, 0.29) is 12.1 Å². The van der Waals surface area contributed by atoms with Crippen LogP contribution in [0.3, 0.4) is 0 Å². The summed E-state index contributed by atoms with van der Waals surface area (Å²) in [4.78, 5) is 6.75. The van der Waals surface area contributed by atoms with E-state index in [1.165, 1.54) is 0 Å². The molecular weight excluding hydrogens is 575 g/mol. The van der Waals surface area contributed by atoms with Crippen molar-refractivity contribution in [3.05, 3.63) is 105 Å². The zero-order chi connectivity index (χ0) is 27.7. The summed E-state index contributed by atoms with van der Waals surface area (Å²) in [7, 11) is 1.63. The van der Waals surface area contributed by atoms with Gasteiger partial charge in [-0.2, -0.15) is 0 Å². The van der Waals surface area contributed by atoms with E-state index in [1.807, 2.05) is 48.5 Å². The van der Waals surface area contributed by atoms with E-state index < -0.39 is 0 Å². The highest BCUT2D eigenvalue weighted by Gasteiger charge is 2.42. The molecule has 3 heterocycles. The monoisotopic (exact) mass is 600 g/mol. The number of halogens is 3. The third-order valence-electron chi connectivity index (χ3n) is 6.80. The Labute approximate surface area is 248 Å². The second-order valence-electron chi connectivity index (χ2n) is 9.19. The molecule has 1 aliphatic rings. The first-order valence-electron chi connectivity index (χ1n) is 12.4. The predicted octanol–water partition coefficient (Wildman–Crippen LogP) is 7.65. The Morgan fingerprint density at radius 3 is 2.51 bits per heavy atom. The fourth-order valence-corrected chi connectivity index (χ4v) is 6.02. The highest BCUT2D eigenvalue weighted by atomic mass is 35.5. The number of nitrogens with one attached hydrogen (secondary N) is 1. The molecule has 1 saturated heterocycles. The van der Waals surface area contributed by atoms with Crippen molar-refractivity contribution in [1.82, 2.24) is 14.9 Å². The Morgan fingerprint density at radius 2 is 1.79 bits per heavy atom. The number of ether oxygens (including phenoxy) is 2. The minimum Gasteiger partial charge on any atom is -0.490 e. The van der Waals surface area contributed by atoms with Crippen LogP contribution in [0.15, 0.2) is 66.9 Å². The summed E-state index contributed by atoms with van der Waals surface area (Å²) in [5, 5.41) is 5.57. The summed E-state index contributed by atoms with van der Waals surface area (Å²) in [5.41, 5.74) is 5.64. The van der Waals surface area contributed by atoms with Gasteiger partial charge in [0.1, 0.15) is 12.4 Å². The van der Waals surface area contributed by atoms with Gasteiger partial charge in [-0.1, -0.05) is 46.9 Å². The maximum atomic E-state index is 6.65. The molecule has 2 atom stereocenters. The molecule has 4 aromatic rings. The average molecular weight is 602 g/mol. The quantitative estimate of drug-likeness (QED) is 0.165. The topological polar surface area (TPSA) is 51.6 Å². The number of aromatic nitrogens is 2. The Hall–Kier alpha value is -2.81. The van der Waals surface area contributed by atoms with Crippen LogP contribution in [0.4, 0.5) is 5.69 Å². The summed E-state index contributed by atoms with van der Waals surface area (Å²) >= 11 is 25.6. The largest absolute Gasteiger partial charge is 0.490 e. The van der Waals surface area contributed by atoms with E-state index in [2.05, 4.69) is 39.7 Å². The van der Waals surface area contributed by atoms with Crippen molar-refractivity contribution in [2.75, 3.05) is 25.2 Å². The molecular formula is C29H27Cl3N4O2S. The van der Waals surface area contributed by atoms with Crippen molar-refractivity contribution in [1.29, 1.82) is 0 Å². The standard InChI is InChI=1S/C29H27Cl3N4O2S/c1-17-15-20(18(2)35(17)24-9-6-7-21(30)26(24)32)28-27(23-8-4-5-12-33-23)34-29(39)36(28)19-10-11-25(22(31)16-19)38-14-13-37-3/h4-12,15-16,27-28H,13-14H2,1-3H3,(H,34,39)/t27-,28-/m0/s1. The molecule has 0 amide bonds. The molecule has 10 heteroatoms. The average Bonchev–Trinajstić information content (AvgIpc) is 3.42. The summed E-state index contributed by atoms with van der Waals surface area (Å²) < 4.78 is 13.0. The highest BCUT2D eigenvalue weighted by molar-refractivity contribution is 7.80. The first kappa shape index (κ1) is 27.7. The Kier molecular flexibility index (Phi) is 8.35. The number of hydrogen-bond acceptors (Lipinski definition) is 4. The van der Waals surface area contributed by atoms with Crippen LogP contribution in [0.25, 0.3) is 5.69 Å². The van der Waals surface area contributed by atoms with Gasteiger partial charge in [-0.25, -0.2) is 0 Å². The van der Waals surface area contributed by atoms with Gasteiger partial charge >= 0.3 is 0 Å². The van der Waals surface area contributed by atoms with Crippen LogP contribution >= 0.6 is 47.0 Å². The van der Waals surface area contributed by atoms with Crippen LogP contribution in [0.2, 0.25) is 15.1 Å². The van der Waals surface area contributed by atoms with Crippen LogP contribution in [-0.2, 0) is 4.74 Å². The predicted molar refractivity (Wildman–Crippen MR) is 162 cm³/mol. The summed E-state index contributed by atoms with van der Waals surface area (Å²) in [6.45, 7) is 5.01. The molecule has 39 heavy (non-hydrogen) atoms. The Bertz CT molecular complexity index is 1510. The van der Waals surface area contributed by atoms with E-state index in [9.17, 15) is 0 Å². The van der Waals surface area contributed by atoms with Crippen LogP contribution in [0, 0.1) is 13.8 Å². The lowest BCUT2D eigenvalue weighted by atomic mass is 9.96. The lowest BCUT2D eigenvalue weighted by Crippen LogP contribution is -2.29. The molecule has 6 nitrogen and oxygen atoms in total. The van der Waals surface area contributed by atoms with Crippen LogP contribution in [0.1, 0.15) is 34.7 Å². The van der Waals surface area contributed by atoms with Crippen LogP contribution in [-0.4, -0.2) is 35.0 Å². The van der Waals surface area contributed by atoms with E-state index in [0.29, 0.717) is 39.1 Å². The maximum absolute atomic E-state index is 6.65. The van der Waals surface area contributed by atoms with Gasteiger partial charge in [-0.05, 0) is 80.2 Å². The summed E-state index contributed by atoms with van der Waals surface area (Å²) in [6.07, 6.45) is 1.79. The molecule has 0 aliphatic carbocycles. The van der Waals surface area contributed by atoms with Crippen molar-refractivity contribution >= 4 is 57.8 Å². The lowest BCUT2D eigenvalue weighted by Gasteiger charge is -2.28. The molecule has 0 spiro atoms. The van der Waals surface area contributed by atoms with Crippen molar-refractivity contribution in [3.8, 4) is 11.4 Å². The minimum atomic E-state index is -0.221. The number of benzene rings is 2. The fourth-order valence-electron chi connectivity index (χ4n) is 5.06. The first-order valence-corrected chi connectivity index (χ1v) is 13.9. The Balaban J connectivity index is 1.62. The molecule has 1 aliphatic heterocycles. The lowest BCUT2D eigenvalue weighted by molar-refractivity contribution is 0.146. The molecule has 2 aromatic carbocycles. The number of anilines is 1. The molecule has 0 bridgehead atoms. The number of pyridine rings is 1. The van der Waals surface area contributed by atoms with Gasteiger partial charge in [0.15, 0.2) is 5.11 Å². The molecule has 202 valence electrons. The maximum Gasteiger partial charge on any atom is 0.174 e. The third-order valence-corrected chi connectivity index (χ3v) is 8.22. The van der Waals surface area contributed by atoms with Gasteiger partial charge in [0.05, 0.1) is 45.1 Å². The van der Waals surface area contributed by atoms with E-state index in [0.717, 1.165) is 34.0 Å². The molecule has 1 N–H and O–H groups in total. The number of rotatable bonds is 8. The number of hydrogen-bond donors (Lipinski definition) is 1. The SMILES string of the molecule is COCCOc1ccc(N2C(=S)N[C@@H](c3ccccn3)[C@@H]2c2cc(C)n(-c3cccc(Cl)c3Cl)c2C)cc1Cl. The number of methoxy groups -OCH3 is 1. The minimum absolute atomic E-state index is 0.209. The van der Waals surface area contributed by atoms with Crippen molar-refractivity contribution in [3.63, 3.8) is 0 Å². The van der Waals surface area contributed by atoms with Gasteiger partial charge in [-0.3, -0.25) is 4.98 Å². The number of thiocarbonyl (C=S) groups is 1. The highest BCUT2D eigenvalue weighted by Crippen LogP contribution is 2.45. The van der Waals surface area contributed by atoms with Crippen molar-refractivity contribution in [2.24, 2.45) is 0 Å². The molecule has 1 fully saturated rings. The summed E-state index contributed by atoms with van der Waals surface area (Å²) in [5.74, 6) is 0.585. The molecule has 0 saturated carbocycles. The van der Waals surface area contributed by atoms with E-state index >= 15 is 0 Å². The summed E-state index contributed by atoms with van der Waals surface area (Å²) in [6, 6.07) is 19.0. The number of aryl methyl sites for hydroxylation is 1. The van der Waals surface area contributed by atoms with Crippen LogP contribution < -0.4 is 15.0 Å². The zero-order valence-corrected chi connectivity index (χ0v) is 24.7. The smallest absolute Gasteiger partial charge is 0.174 e. The number of nitrogens with zero attached hydrogens (tertiary/aromatic N) is 3. The van der Waals surface area contributed by atoms with E-state index in [1.54, 1.807) is 19.4 Å². The van der Waals surface area contributed by atoms with Crippen molar-refractivity contribution in [2.45, 2.75) is 25.9 Å². The Morgan fingerprint density at radius 1 is 0.974 bits per heavy atom. The fraction of sp³-hybridized carbons (Fsp3) is 0.241. The van der Waals surface area contributed by atoms with Crippen LogP contribution in [0.5, 0.6) is 5.75 Å². The molecule has 5 rings (SSSR count). The van der Waals surface area contributed by atoms with Gasteiger partial charge in [0, 0.05) is 30.4 Å². The van der Waals surface area contributed by atoms with Gasteiger partial charge in [0.25, 0.3) is 0 Å². The second kappa shape index (κ2) is 11.7. The third kappa shape index (κ3) is 5.34. The van der Waals surface area contributed by atoms with Gasteiger partial charge < -0.3 is 24.3 Å². The van der Waals surface area contributed by atoms with Gasteiger partial charge in [0.2, 0.25) is 0 Å². The molecule has 2 aromatic heterocycles.